The lowest BCUT2D eigenvalue weighted by atomic mass is 9.95. The highest BCUT2D eigenvalue weighted by Gasteiger charge is 2.38. The molecule has 0 spiro atoms. The van der Waals surface area contributed by atoms with Gasteiger partial charge in [0.05, 0.1) is 20.9 Å². The normalized spacial score (nSPS) is 14.5. The van der Waals surface area contributed by atoms with Crippen LogP contribution >= 0.6 is 0 Å². The number of imide groups is 1. The van der Waals surface area contributed by atoms with Gasteiger partial charge >= 0.3 is 10.1 Å². The van der Waals surface area contributed by atoms with Gasteiger partial charge in [-0.05, 0) is 30.3 Å². The number of hydroxylamine groups is 2. The van der Waals surface area contributed by atoms with Crippen molar-refractivity contribution in [2.24, 2.45) is 0 Å². The van der Waals surface area contributed by atoms with Crippen LogP contribution in [0.5, 0.6) is 0 Å². The molecule has 0 N–H and O–H groups in total. The van der Waals surface area contributed by atoms with Gasteiger partial charge in [0, 0.05) is 24.9 Å². The van der Waals surface area contributed by atoms with E-state index in [0.29, 0.717) is 0 Å². The minimum absolute atomic E-state index is 0.0498. The molecule has 4 rings (SSSR count). The predicted molar refractivity (Wildman–Crippen MR) is 110 cm³/mol. The van der Waals surface area contributed by atoms with Crippen molar-refractivity contribution in [3.05, 3.63) is 71.8 Å². The van der Waals surface area contributed by atoms with Crippen LogP contribution in [0.1, 0.15) is 20.7 Å². The predicted octanol–water partition coefficient (Wildman–Crippen LogP) is 2.01. The van der Waals surface area contributed by atoms with Crippen molar-refractivity contribution < 1.29 is 30.7 Å². The highest BCUT2D eigenvalue weighted by Crippen LogP contribution is 2.35. The monoisotopic (exact) mass is 460 g/mol. The van der Waals surface area contributed by atoms with Gasteiger partial charge < -0.3 is 0 Å². The zero-order valence-electron chi connectivity index (χ0n) is 16.3. The largest absolute Gasteiger partial charge is 0.318 e. The van der Waals surface area contributed by atoms with Crippen molar-refractivity contribution in [2.45, 2.75) is 9.79 Å². The Morgan fingerprint density at radius 2 is 1.39 bits per heavy atom. The number of benzene rings is 3. The number of hydrogen-bond acceptors (Lipinski definition) is 7. The molecule has 0 aromatic heterocycles. The van der Waals surface area contributed by atoms with Crippen LogP contribution in [0, 0.1) is 0 Å². The van der Waals surface area contributed by atoms with Gasteiger partial charge in [-0.15, -0.1) is 9.35 Å². The number of carbonyl (C=O) groups is 2. The highest BCUT2D eigenvalue weighted by molar-refractivity contribution is 7.89. The van der Waals surface area contributed by atoms with Crippen molar-refractivity contribution >= 4 is 42.7 Å². The van der Waals surface area contributed by atoms with Crippen molar-refractivity contribution in [1.82, 2.24) is 9.37 Å². The first kappa shape index (κ1) is 21.1. The molecule has 3 aromatic carbocycles. The molecule has 2 amide bonds. The lowest BCUT2D eigenvalue weighted by Gasteiger charge is -2.26. The summed E-state index contributed by atoms with van der Waals surface area (Å²) >= 11 is 0. The number of nitrogens with zero attached hydrogens (tertiary/aromatic N) is 2. The Labute approximate surface area is 178 Å². The summed E-state index contributed by atoms with van der Waals surface area (Å²) in [6.45, 7) is 0. The molecule has 11 heteroatoms. The lowest BCUT2D eigenvalue weighted by Crippen LogP contribution is -2.41. The van der Waals surface area contributed by atoms with Crippen LogP contribution in [0.3, 0.4) is 0 Å². The third kappa shape index (κ3) is 3.31. The SMILES string of the molecule is CN(C)S(=O)(=O)c1ccc2c3c(cccc13)C(=O)N(OS(=O)(=O)c1ccccc1)C2=O. The summed E-state index contributed by atoms with van der Waals surface area (Å²) < 4.78 is 56.4. The summed E-state index contributed by atoms with van der Waals surface area (Å²) in [5, 5.41) is 0.480. The lowest BCUT2D eigenvalue weighted by molar-refractivity contribution is -0.0155. The quantitative estimate of drug-likeness (QED) is 0.535. The average molecular weight is 460 g/mol. The fourth-order valence-corrected chi connectivity index (χ4v) is 5.25. The molecule has 1 aliphatic heterocycles. The fourth-order valence-electron chi connectivity index (χ4n) is 3.27. The molecule has 0 aliphatic carbocycles. The average Bonchev–Trinajstić information content (AvgIpc) is 2.75. The van der Waals surface area contributed by atoms with Crippen molar-refractivity contribution in [1.29, 1.82) is 0 Å². The summed E-state index contributed by atoms with van der Waals surface area (Å²) in [5.74, 6) is -2.02. The highest BCUT2D eigenvalue weighted by atomic mass is 32.2. The minimum atomic E-state index is -4.46. The summed E-state index contributed by atoms with van der Waals surface area (Å²) in [4.78, 5) is 25.6. The molecule has 1 aliphatic rings. The molecule has 0 bridgehead atoms. The van der Waals surface area contributed by atoms with E-state index in [2.05, 4.69) is 0 Å². The van der Waals surface area contributed by atoms with Crippen LogP contribution in [-0.4, -0.2) is 52.1 Å². The Balaban J connectivity index is 1.86. The van der Waals surface area contributed by atoms with Gasteiger partial charge in [-0.1, -0.05) is 30.3 Å². The van der Waals surface area contributed by atoms with Gasteiger partial charge in [0.15, 0.2) is 0 Å². The van der Waals surface area contributed by atoms with Crippen LogP contribution in [0.25, 0.3) is 10.8 Å². The van der Waals surface area contributed by atoms with E-state index in [1.54, 1.807) is 6.07 Å². The third-order valence-electron chi connectivity index (χ3n) is 4.79. The zero-order chi connectivity index (χ0) is 22.6. The number of carbonyl (C=O) groups excluding carboxylic acids is 2. The summed E-state index contributed by atoms with van der Waals surface area (Å²) in [6.07, 6.45) is 0. The van der Waals surface area contributed by atoms with Gasteiger partial charge in [-0.3, -0.25) is 9.59 Å². The molecule has 0 fully saturated rings. The van der Waals surface area contributed by atoms with Gasteiger partial charge in [0.2, 0.25) is 10.0 Å². The molecule has 0 radical (unpaired) electrons. The number of sulfonamides is 1. The van der Waals surface area contributed by atoms with Crippen molar-refractivity contribution in [3.63, 3.8) is 0 Å². The Bertz CT molecular complexity index is 1430. The van der Waals surface area contributed by atoms with E-state index in [-0.39, 0.29) is 36.8 Å². The maximum atomic E-state index is 13.0. The molecular formula is C20H16N2O7S2. The van der Waals surface area contributed by atoms with E-state index < -0.39 is 32.0 Å². The number of amides is 2. The van der Waals surface area contributed by atoms with Crippen LogP contribution in [0.2, 0.25) is 0 Å². The van der Waals surface area contributed by atoms with Gasteiger partial charge in [-0.25, -0.2) is 12.7 Å². The van der Waals surface area contributed by atoms with E-state index in [1.807, 2.05) is 0 Å². The molecule has 31 heavy (non-hydrogen) atoms. The zero-order valence-corrected chi connectivity index (χ0v) is 18.0. The molecule has 1 heterocycles. The maximum absolute atomic E-state index is 13.0. The molecule has 0 saturated heterocycles. The topological polar surface area (TPSA) is 118 Å². The summed E-state index contributed by atoms with van der Waals surface area (Å²) in [5.41, 5.74) is -0.0997. The smallest absolute Gasteiger partial charge is 0.266 e. The molecule has 0 saturated carbocycles. The first-order chi connectivity index (χ1) is 14.6. The van der Waals surface area contributed by atoms with E-state index >= 15 is 0 Å². The molecular weight excluding hydrogens is 444 g/mol. The van der Waals surface area contributed by atoms with Crippen LogP contribution in [0.15, 0.2) is 70.5 Å². The van der Waals surface area contributed by atoms with Crippen LogP contribution in [0.4, 0.5) is 0 Å². The molecule has 0 unspecified atom stereocenters. The Kier molecular flexibility index (Phi) is 4.93. The number of hydrogen-bond donors (Lipinski definition) is 0. The Morgan fingerprint density at radius 3 is 2.00 bits per heavy atom. The molecule has 0 atom stereocenters. The van der Waals surface area contributed by atoms with Gasteiger partial charge in [-0.2, -0.15) is 8.42 Å². The van der Waals surface area contributed by atoms with Crippen molar-refractivity contribution in [3.8, 4) is 0 Å². The van der Waals surface area contributed by atoms with E-state index in [9.17, 15) is 26.4 Å². The second-order valence-electron chi connectivity index (χ2n) is 6.87. The molecule has 3 aromatic rings. The van der Waals surface area contributed by atoms with Crippen LogP contribution < -0.4 is 0 Å². The Morgan fingerprint density at radius 1 is 0.774 bits per heavy atom. The molecule has 160 valence electrons. The fraction of sp³-hybridized carbons (Fsp3) is 0.100. The standard InChI is InChI=1S/C20H16N2O7S2/c1-21(2)30(25,26)17-12-11-16-18-14(17)9-6-10-15(18)19(23)22(20(16)24)29-31(27,28)13-7-4-3-5-8-13/h3-12H,1-2H3. The summed E-state index contributed by atoms with van der Waals surface area (Å²) in [7, 11) is -5.59. The van der Waals surface area contributed by atoms with Gasteiger partial charge in [0.25, 0.3) is 11.8 Å². The molecule has 9 nitrogen and oxygen atoms in total. The van der Waals surface area contributed by atoms with E-state index in [0.717, 1.165) is 4.31 Å². The van der Waals surface area contributed by atoms with Crippen molar-refractivity contribution in [2.75, 3.05) is 14.1 Å². The Hall–Kier alpha value is -3.12. The maximum Gasteiger partial charge on any atom is 0.318 e. The van der Waals surface area contributed by atoms with E-state index in [4.69, 9.17) is 4.28 Å². The first-order valence-electron chi connectivity index (χ1n) is 8.92. The van der Waals surface area contributed by atoms with Gasteiger partial charge in [0.1, 0.15) is 0 Å². The van der Waals surface area contributed by atoms with Crippen LogP contribution in [-0.2, 0) is 24.4 Å². The second-order valence-corrected chi connectivity index (χ2v) is 10.5. The number of rotatable bonds is 5. The third-order valence-corrected chi connectivity index (χ3v) is 7.86. The first-order valence-corrected chi connectivity index (χ1v) is 11.8. The summed E-state index contributed by atoms with van der Waals surface area (Å²) in [6, 6.07) is 13.9. The second kappa shape index (κ2) is 7.24. The van der Waals surface area contributed by atoms with E-state index in [1.165, 1.54) is 68.7 Å². The minimum Gasteiger partial charge on any atom is -0.266 e.